The topological polar surface area (TPSA) is 79.2 Å². The standard InChI is InChI=1S/C31H21BrCl2N2O4S/c32-23-11-13-27(40-18-20-8-12-25(33)26(34)14-20)22(15-23)16-28-29(37)36(17-19-6-9-21(10-7-19)30(38)39)31(41-28)35-24-4-2-1-3-5-24/h1-16H,17-18H2,(H,38,39)/b28-16-,35-31?. The number of carboxylic acid groups (broad SMARTS) is 1. The highest BCUT2D eigenvalue weighted by Gasteiger charge is 2.34. The van der Waals surface area contributed by atoms with Crippen LogP contribution < -0.4 is 4.74 Å². The number of halogens is 3. The van der Waals surface area contributed by atoms with Gasteiger partial charge in [-0.15, -0.1) is 0 Å². The highest BCUT2D eigenvalue weighted by Crippen LogP contribution is 2.37. The summed E-state index contributed by atoms with van der Waals surface area (Å²) >= 11 is 17.0. The predicted octanol–water partition coefficient (Wildman–Crippen LogP) is 8.84. The lowest BCUT2D eigenvalue weighted by Gasteiger charge is -2.16. The van der Waals surface area contributed by atoms with E-state index in [-0.39, 0.29) is 24.6 Å². The second kappa shape index (κ2) is 13.0. The third kappa shape index (κ3) is 7.21. The summed E-state index contributed by atoms with van der Waals surface area (Å²) in [4.78, 5) is 31.8. The van der Waals surface area contributed by atoms with Gasteiger partial charge in [-0.25, -0.2) is 9.79 Å². The summed E-state index contributed by atoms with van der Waals surface area (Å²) in [6.07, 6.45) is 1.79. The fourth-order valence-electron chi connectivity index (χ4n) is 3.97. The van der Waals surface area contributed by atoms with Crippen LogP contribution in [0.3, 0.4) is 0 Å². The van der Waals surface area contributed by atoms with Gasteiger partial charge in [0.2, 0.25) is 0 Å². The Kier molecular flexibility index (Phi) is 9.15. The summed E-state index contributed by atoms with van der Waals surface area (Å²) in [5.74, 6) is -0.640. The Balaban J connectivity index is 1.45. The van der Waals surface area contributed by atoms with Gasteiger partial charge in [0.1, 0.15) is 12.4 Å². The minimum atomic E-state index is -1.01. The predicted molar refractivity (Wildman–Crippen MR) is 168 cm³/mol. The smallest absolute Gasteiger partial charge is 0.335 e. The number of aromatic carboxylic acids is 1. The normalized spacial score (nSPS) is 15.1. The summed E-state index contributed by atoms with van der Waals surface area (Å²) in [6.45, 7) is 0.489. The van der Waals surface area contributed by atoms with Crippen LogP contribution in [-0.4, -0.2) is 27.1 Å². The molecule has 5 rings (SSSR count). The number of benzene rings is 4. The first-order valence-electron chi connectivity index (χ1n) is 12.3. The molecule has 4 aromatic carbocycles. The van der Waals surface area contributed by atoms with E-state index in [2.05, 4.69) is 15.9 Å². The number of carbonyl (C=O) groups excluding carboxylic acids is 1. The van der Waals surface area contributed by atoms with Crippen molar-refractivity contribution in [3.05, 3.63) is 133 Å². The summed E-state index contributed by atoms with van der Waals surface area (Å²) in [7, 11) is 0. The van der Waals surface area contributed by atoms with Crippen LogP contribution >= 0.6 is 50.9 Å². The number of amidine groups is 1. The van der Waals surface area contributed by atoms with Gasteiger partial charge in [-0.3, -0.25) is 9.69 Å². The molecule has 1 heterocycles. The van der Waals surface area contributed by atoms with Gasteiger partial charge in [0.05, 0.1) is 32.7 Å². The van der Waals surface area contributed by atoms with E-state index in [0.29, 0.717) is 37.1 Å². The highest BCUT2D eigenvalue weighted by atomic mass is 79.9. The van der Waals surface area contributed by atoms with Crippen molar-refractivity contribution in [2.75, 3.05) is 0 Å². The Morgan fingerprint density at radius 2 is 1.68 bits per heavy atom. The molecule has 0 radical (unpaired) electrons. The molecule has 0 atom stereocenters. The number of rotatable bonds is 8. The van der Waals surface area contributed by atoms with Crippen LogP contribution in [0.4, 0.5) is 5.69 Å². The maximum atomic E-state index is 13.7. The van der Waals surface area contributed by atoms with E-state index in [1.807, 2.05) is 54.6 Å². The van der Waals surface area contributed by atoms with Crippen LogP contribution in [-0.2, 0) is 17.9 Å². The Hall–Kier alpha value is -3.56. The number of thioether (sulfide) groups is 1. The minimum absolute atomic E-state index is 0.178. The second-order valence-corrected chi connectivity index (χ2v) is 11.7. The first-order chi connectivity index (χ1) is 19.8. The molecule has 1 N–H and O–H groups in total. The zero-order chi connectivity index (χ0) is 28.9. The lowest BCUT2D eigenvalue weighted by molar-refractivity contribution is -0.122. The van der Waals surface area contributed by atoms with Crippen molar-refractivity contribution >= 4 is 79.7 Å². The SMILES string of the molecule is O=C(O)c1ccc(CN2C(=O)/C(=C/c3cc(Br)ccc3OCc3ccc(Cl)c(Cl)c3)SC2=Nc2ccccc2)cc1. The van der Waals surface area contributed by atoms with Crippen molar-refractivity contribution in [1.82, 2.24) is 4.90 Å². The van der Waals surface area contributed by atoms with E-state index < -0.39 is 5.97 Å². The molecule has 0 bridgehead atoms. The second-order valence-electron chi connectivity index (χ2n) is 8.95. The van der Waals surface area contributed by atoms with E-state index in [0.717, 1.165) is 15.6 Å². The van der Waals surface area contributed by atoms with Gasteiger partial charge in [-0.2, -0.15) is 0 Å². The van der Waals surface area contributed by atoms with E-state index in [9.17, 15) is 14.7 Å². The van der Waals surface area contributed by atoms with E-state index in [4.69, 9.17) is 32.9 Å². The molecule has 4 aromatic rings. The van der Waals surface area contributed by atoms with Crippen LogP contribution in [0.15, 0.2) is 105 Å². The number of amides is 1. The number of carboxylic acids is 1. The van der Waals surface area contributed by atoms with E-state index in [1.54, 1.807) is 35.2 Å². The molecule has 1 amide bonds. The van der Waals surface area contributed by atoms with Gasteiger partial charge in [0, 0.05) is 10.0 Å². The third-order valence-electron chi connectivity index (χ3n) is 6.05. The number of hydrogen-bond acceptors (Lipinski definition) is 5. The van der Waals surface area contributed by atoms with Crippen LogP contribution in [0.25, 0.3) is 6.08 Å². The van der Waals surface area contributed by atoms with Crippen molar-refractivity contribution in [1.29, 1.82) is 0 Å². The number of nitrogens with zero attached hydrogens (tertiary/aromatic N) is 2. The van der Waals surface area contributed by atoms with E-state index in [1.165, 1.54) is 23.9 Å². The summed E-state index contributed by atoms with van der Waals surface area (Å²) in [5, 5.41) is 10.7. The molecule has 1 fully saturated rings. The lowest BCUT2D eigenvalue weighted by Crippen LogP contribution is -2.28. The molecule has 0 aromatic heterocycles. The molecule has 10 heteroatoms. The van der Waals surface area contributed by atoms with Crippen molar-refractivity contribution < 1.29 is 19.4 Å². The van der Waals surface area contributed by atoms with Crippen LogP contribution in [0.1, 0.15) is 27.0 Å². The average molecular weight is 668 g/mol. The zero-order valence-electron chi connectivity index (χ0n) is 21.3. The molecule has 0 unspecified atom stereocenters. The third-order valence-corrected chi connectivity index (χ3v) is 8.29. The molecule has 1 aliphatic rings. The highest BCUT2D eigenvalue weighted by molar-refractivity contribution is 9.10. The first kappa shape index (κ1) is 29.0. The molecule has 0 aliphatic carbocycles. The van der Waals surface area contributed by atoms with Gasteiger partial charge in [-0.05, 0) is 83.6 Å². The molecule has 206 valence electrons. The maximum absolute atomic E-state index is 13.7. The minimum Gasteiger partial charge on any atom is -0.488 e. The monoisotopic (exact) mass is 666 g/mol. The van der Waals surface area contributed by atoms with Crippen molar-refractivity contribution in [2.45, 2.75) is 13.2 Å². The quantitative estimate of drug-likeness (QED) is 0.190. The number of para-hydroxylation sites is 1. The Morgan fingerprint density at radius 3 is 2.39 bits per heavy atom. The molecular weight excluding hydrogens is 647 g/mol. The van der Waals surface area contributed by atoms with Crippen LogP contribution in [0.5, 0.6) is 5.75 Å². The molecular formula is C31H21BrCl2N2O4S. The van der Waals surface area contributed by atoms with Gasteiger partial charge < -0.3 is 9.84 Å². The molecule has 1 saturated heterocycles. The number of ether oxygens (including phenoxy) is 1. The number of hydrogen-bond donors (Lipinski definition) is 1. The zero-order valence-corrected chi connectivity index (χ0v) is 25.2. The van der Waals surface area contributed by atoms with Crippen LogP contribution in [0.2, 0.25) is 10.0 Å². The van der Waals surface area contributed by atoms with E-state index >= 15 is 0 Å². The maximum Gasteiger partial charge on any atom is 0.335 e. The molecule has 0 spiro atoms. The lowest BCUT2D eigenvalue weighted by atomic mass is 10.1. The molecule has 0 saturated carbocycles. The number of aliphatic imine (C=N–C) groups is 1. The Morgan fingerprint density at radius 1 is 0.951 bits per heavy atom. The summed E-state index contributed by atoms with van der Waals surface area (Å²) in [5.41, 5.74) is 3.23. The van der Waals surface area contributed by atoms with Crippen LogP contribution in [0, 0.1) is 0 Å². The van der Waals surface area contributed by atoms with Gasteiger partial charge in [0.15, 0.2) is 5.17 Å². The first-order valence-corrected chi connectivity index (χ1v) is 14.7. The summed E-state index contributed by atoms with van der Waals surface area (Å²) < 4.78 is 6.94. The van der Waals surface area contributed by atoms with Crippen molar-refractivity contribution in [3.63, 3.8) is 0 Å². The summed E-state index contributed by atoms with van der Waals surface area (Å²) in [6, 6.07) is 26.7. The molecule has 6 nitrogen and oxygen atoms in total. The Labute approximate surface area is 259 Å². The van der Waals surface area contributed by atoms with Gasteiger partial charge in [-0.1, -0.05) is 75.5 Å². The largest absolute Gasteiger partial charge is 0.488 e. The van der Waals surface area contributed by atoms with Gasteiger partial charge in [0.25, 0.3) is 5.91 Å². The fraction of sp³-hybridized carbons (Fsp3) is 0.0645. The fourth-order valence-corrected chi connectivity index (χ4v) is 5.66. The molecule has 1 aliphatic heterocycles. The Bertz CT molecular complexity index is 1680. The van der Waals surface area contributed by atoms with Crippen molar-refractivity contribution in [3.8, 4) is 5.75 Å². The van der Waals surface area contributed by atoms with Crippen molar-refractivity contribution in [2.24, 2.45) is 4.99 Å². The van der Waals surface area contributed by atoms with Gasteiger partial charge >= 0.3 is 5.97 Å². The number of carbonyl (C=O) groups is 2. The average Bonchev–Trinajstić information content (AvgIpc) is 3.24. The molecule has 41 heavy (non-hydrogen) atoms.